The van der Waals surface area contributed by atoms with Crippen LogP contribution in [0.3, 0.4) is 0 Å². The Morgan fingerprint density at radius 2 is 0.800 bits per heavy atom. The summed E-state index contributed by atoms with van der Waals surface area (Å²) in [5.41, 5.74) is 6.09. The summed E-state index contributed by atoms with van der Waals surface area (Å²) in [4.78, 5) is 30.7. The third kappa shape index (κ3) is 13.9. The minimum absolute atomic E-state index is 0.0271. The Kier molecular flexibility index (Phi) is 22.1. The molecule has 3 N–H and O–H groups in total. The molecule has 6 aromatic heterocycles. The molecule has 1 aliphatic rings. The summed E-state index contributed by atoms with van der Waals surface area (Å²) in [7, 11) is 0. The van der Waals surface area contributed by atoms with Crippen molar-refractivity contribution in [3.8, 4) is 19.5 Å². The van der Waals surface area contributed by atoms with Gasteiger partial charge in [0.15, 0.2) is 11.7 Å². The lowest BCUT2D eigenvalue weighted by molar-refractivity contribution is 0.0691. The Hall–Kier alpha value is -4.35. The lowest BCUT2D eigenvalue weighted by Gasteiger charge is -2.19. The molecule has 6 heterocycles. The smallest absolute Gasteiger partial charge is 0.345 e. The monoisotopic (exact) mass is 1280 g/mol. The SMILES string of the molecule is CCCCC(C)CCc1c2cc(-c3sc(C4=C(F)C(F)=C(c5cc(C)c(-c6cc7c(CCC(C)CCCC)c8sc(C(=O)O)cc8c(CCC(C)CCCC)c7s6)s5)C(=NS)C4=N)cc3C)sc2c(CCC(C)CCCC)c2cc(C(=O)O)sc12. The number of carboxylic acids is 2. The number of nitrogens with zero attached hydrogens (tertiary/aromatic N) is 1. The van der Waals surface area contributed by atoms with Crippen LogP contribution in [0.25, 0.3) is 71.0 Å². The molecule has 1 aliphatic carbocycles. The Morgan fingerprint density at radius 1 is 0.482 bits per heavy atom. The van der Waals surface area contributed by atoms with E-state index in [0.717, 1.165) is 164 Å². The molecule has 8 aromatic rings. The number of carbonyl (C=O) groups is 2. The van der Waals surface area contributed by atoms with Gasteiger partial charge in [0.05, 0.1) is 16.9 Å². The van der Waals surface area contributed by atoms with E-state index in [4.69, 9.17) is 0 Å². The Bertz CT molecular complexity index is 3730. The van der Waals surface area contributed by atoms with E-state index in [1.165, 1.54) is 103 Å². The topological polar surface area (TPSA) is 111 Å². The summed E-state index contributed by atoms with van der Waals surface area (Å²) < 4.78 is 43.4. The number of hydrogen-bond acceptors (Lipinski definition) is 11. The Balaban J connectivity index is 1.12. The zero-order chi connectivity index (χ0) is 61.0. The first kappa shape index (κ1) is 65.1. The van der Waals surface area contributed by atoms with Crippen LogP contribution in [0.4, 0.5) is 8.78 Å². The molecule has 2 aromatic carbocycles. The lowest BCUT2D eigenvalue weighted by atomic mass is 9.90. The van der Waals surface area contributed by atoms with Crippen LogP contribution in [0.15, 0.2) is 52.4 Å². The van der Waals surface area contributed by atoms with Crippen molar-refractivity contribution in [2.45, 2.75) is 198 Å². The highest BCUT2D eigenvalue weighted by atomic mass is 32.1. The molecule has 0 amide bonds. The van der Waals surface area contributed by atoms with Gasteiger partial charge in [-0.1, -0.05) is 132 Å². The van der Waals surface area contributed by atoms with Crippen molar-refractivity contribution in [2.24, 2.45) is 28.1 Å². The van der Waals surface area contributed by atoms with Gasteiger partial charge in [0.25, 0.3) is 0 Å². The molecule has 0 saturated heterocycles. The number of allylic oxidation sites excluding steroid dienone is 4. The zero-order valence-corrected chi connectivity index (χ0v) is 57.0. The zero-order valence-electron chi connectivity index (χ0n) is 51.2. The summed E-state index contributed by atoms with van der Waals surface area (Å²) in [6.45, 7) is 22.2. The Labute approximate surface area is 531 Å². The number of fused-ring (bicyclic) bond motifs is 4. The van der Waals surface area contributed by atoms with E-state index in [9.17, 15) is 25.2 Å². The number of unbranched alkanes of at least 4 members (excludes halogenated alkanes) is 4. The van der Waals surface area contributed by atoms with Crippen molar-refractivity contribution in [1.29, 1.82) is 5.41 Å². The normalized spacial score (nSPS) is 15.3. The van der Waals surface area contributed by atoms with Crippen LogP contribution < -0.4 is 0 Å². The van der Waals surface area contributed by atoms with Crippen LogP contribution in [0, 0.1) is 42.9 Å². The maximum atomic E-state index is 17.4. The third-order valence-corrected chi connectivity index (χ3v) is 25.6. The van der Waals surface area contributed by atoms with Crippen molar-refractivity contribution in [3.63, 3.8) is 0 Å². The number of thiol groups is 1. The van der Waals surface area contributed by atoms with Crippen LogP contribution in [0.1, 0.15) is 221 Å². The Morgan fingerprint density at radius 3 is 1.13 bits per heavy atom. The van der Waals surface area contributed by atoms with Gasteiger partial charge in [-0.05, 0) is 193 Å². The second kappa shape index (κ2) is 28.9. The maximum Gasteiger partial charge on any atom is 0.345 e. The summed E-state index contributed by atoms with van der Waals surface area (Å²) in [6.07, 6.45) is 21.1. The number of benzene rings is 2. The molecule has 9 rings (SSSR count). The summed E-state index contributed by atoms with van der Waals surface area (Å²) >= 11 is 13.3. The van der Waals surface area contributed by atoms with Crippen molar-refractivity contribution in [1.82, 2.24) is 0 Å². The molecule has 15 heteroatoms. The van der Waals surface area contributed by atoms with E-state index in [0.29, 0.717) is 43.2 Å². The van der Waals surface area contributed by atoms with Gasteiger partial charge in [-0.25, -0.2) is 22.8 Å². The van der Waals surface area contributed by atoms with Crippen molar-refractivity contribution in [2.75, 3.05) is 0 Å². The molecule has 0 spiro atoms. The van der Waals surface area contributed by atoms with E-state index >= 15 is 8.78 Å². The largest absolute Gasteiger partial charge is 0.477 e. The van der Waals surface area contributed by atoms with Gasteiger partial charge in [0.2, 0.25) is 0 Å². The highest BCUT2D eigenvalue weighted by molar-refractivity contribution is 7.79. The fourth-order valence-electron chi connectivity index (χ4n) is 12.6. The molecule has 4 atom stereocenters. The number of aromatic carboxylic acids is 2. The van der Waals surface area contributed by atoms with Gasteiger partial charge in [0.1, 0.15) is 15.5 Å². The minimum Gasteiger partial charge on any atom is -0.477 e. The molecule has 85 heavy (non-hydrogen) atoms. The van der Waals surface area contributed by atoms with E-state index in [-0.39, 0.29) is 22.6 Å². The van der Waals surface area contributed by atoms with Gasteiger partial charge in [0, 0.05) is 48.1 Å². The first-order chi connectivity index (χ1) is 40.8. The summed E-state index contributed by atoms with van der Waals surface area (Å²) in [5.74, 6) is -1.91. The number of thiophene rings is 6. The molecule has 0 bridgehead atoms. The lowest BCUT2D eigenvalue weighted by Crippen LogP contribution is -2.21. The van der Waals surface area contributed by atoms with E-state index in [1.54, 1.807) is 22.7 Å². The van der Waals surface area contributed by atoms with Gasteiger partial charge in [-0.2, -0.15) is 0 Å². The second-order valence-corrected chi connectivity index (χ2v) is 31.0. The highest BCUT2D eigenvalue weighted by Crippen LogP contribution is 2.52. The highest BCUT2D eigenvalue weighted by Gasteiger charge is 2.36. The standard InChI is InChI=1S/C70H84F2N2O4S7/c1-11-15-19-37(5)23-27-43-47-33-53(82-65(47)45(29-25-39(7)21-17-13-3)49-35-55(69(75)76)84-67(43)49)63-41(9)31-51(80-63)57-59(71)60(72)58(62(74-79)61(57)73)52-32-42(10)64(81-52)54-34-48-44(28-24-38(6)20-16-12-2)68-50(36-56(85-68)70(77)78)46(66(48)83-54)30-26-40(8)22-18-14-4/h31-40,73,79H,11-30H2,1-10H3,(H,75,76)(H,77,78). The molecule has 454 valence electrons. The first-order valence-corrected chi connectivity index (χ1v) is 36.4. The van der Waals surface area contributed by atoms with Crippen LogP contribution in [0.5, 0.6) is 0 Å². The van der Waals surface area contributed by atoms with Crippen LogP contribution in [-0.2, 0) is 25.7 Å². The first-order valence-electron chi connectivity index (χ1n) is 31.1. The molecule has 0 fully saturated rings. The number of halogens is 2. The maximum absolute atomic E-state index is 17.4. The molecule has 0 aliphatic heterocycles. The fraction of sp³-hybridized carbons (Fsp3) is 0.486. The molecule has 6 nitrogen and oxygen atoms in total. The van der Waals surface area contributed by atoms with Crippen molar-refractivity contribution < 1.29 is 28.6 Å². The van der Waals surface area contributed by atoms with Crippen molar-refractivity contribution >= 4 is 156 Å². The molecule has 0 saturated carbocycles. The number of hydrogen-bond donors (Lipinski definition) is 4. The van der Waals surface area contributed by atoms with E-state index in [1.807, 2.05) is 38.1 Å². The summed E-state index contributed by atoms with van der Waals surface area (Å²) in [5, 5.41) is 34.7. The molecule has 4 unspecified atom stereocenters. The van der Waals surface area contributed by atoms with E-state index in [2.05, 4.69) is 84.7 Å². The number of carboxylic acid groups (broad SMARTS) is 2. The average molecular weight is 1280 g/mol. The van der Waals surface area contributed by atoms with Gasteiger partial charge in [-0.15, -0.1) is 68.0 Å². The van der Waals surface area contributed by atoms with Crippen LogP contribution >= 0.6 is 80.8 Å². The number of aryl methyl sites for hydroxylation is 6. The van der Waals surface area contributed by atoms with E-state index < -0.39 is 23.6 Å². The van der Waals surface area contributed by atoms with Crippen LogP contribution in [0.2, 0.25) is 0 Å². The van der Waals surface area contributed by atoms with Gasteiger partial charge < -0.3 is 10.2 Å². The predicted molar refractivity (Wildman–Crippen MR) is 373 cm³/mol. The van der Waals surface area contributed by atoms with Gasteiger partial charge >= 0.3 is 11.9 Å². The third-order valence-electron chi connectivity index (χ3n) is 17.7. The minimum atomic E-state index is -1.09. The average Bonchev–Trinajstić information content (AvgIpc) is 2.71. The van der Waals surface area contributed by atoms with Crippen molar-refractivity contribution in [3.05, 3.63) is 101 Å². The number of rotatable bonds is 30. The summed E-state index contributed by atoms with van der Waals surface area (Å²) in [6, 6.07) is 12.1. The van der Waals surface area contributed by atoms with Crippen LogP contribution in [-0.4, -0.2) is 33.6 Å². The van der Waals surface area contributed by atoms with Gasteiger partial charge in [-0.3, -0.25) is 5.41 Å². The predicted octanol–water partition coefficient (Wildman–Crippen LogP) is 24.4. The quantitative estimate of drug-likeness (QED) is 0.0265. The molecular weight excluding hydrogens is 1200 g/mol. The molecule has 0 radical (unpaired) electrons. The number of nitrogens with one attached hydrogen (secondary N) is 1. The fourth-order valence-corrected chi connectivity index (χ4v) is 20.3. The second-order valence-electron chi connectivity index (χ2n) is 24.5. The molecular formula is C70H84F2N2O4S7.